The zero-order valence-electron chi connectivity index (χ0n) is 4.08. The largest absolute Gasteiger partial charge is 0.247 e. The number of alkyl halides is 1. The second-order valence-corrected chi connectivity index (χ2v) is 1.39. The van der Waals surface area contributed by atoms with Crippen LogP contribution in [0.15, 0.2) is 0 Å². The highest BCUT2D eigenvalue weighted by Crippen LogP contribution is 1.96. The second-order valence-electron chi connectivity index (χ2n) is 1.39. The summed E-state index contributed by atoms with van der Waals surface area (Å²) in [7, 11) is 0. The minimum Gasteiger partial charge on any atom is -0.247 e. The molecule has 0 rings (SSSR count). The predicted molar refractivity (Wildman–Crippen MR) is 25.2 cm³/mol. The van der Waals surface area contributed by atoms with Crippen LogP contribution in [0.2, 0.25) is 0 Å². The minimum atomic E-state index is -0.852. The van der Waals surface area contributed by atoms with Gasteiger partial charge in [0.2, 0.25) is 0 Å². The summed E-state index contributed by atoms with van der Waals surface area (Å²) in [5, 5.41) is 0. The van der Waals surface area contributed by atoms with Crippen molar-refractivity contribution in [2.75, 3.05) is 0 Å². The van der Waals surface area contributed by atoms with Crippen molar-refractivity contribution in [3.05, 3.63) is 6.92 Å². The maximum absolute atomic E-state index is 11.6. The number of halogens is 1. The highest BCUT2D eigenvalue weighted by molar-refractivity contribution is 4.53. The smallest absolute Gasteiger partial charge is 0.100 e. The van der Waals surface area contributed by atoms with Crippen LogP contribution in [0, 0.1) is 6.92 Å². The van der Waals surface area contributed by atoms with E-state index in [9.17, 15) is 4.39 Å². The molecule has 0 aromatic rings. The van der Waals surface area contributed by atoms with Crippen LogP contribution < -0.4 is 0 Å². The SMILES string of the molecule is [CH2][C@@H](F)CCC. The summed E-state index contributed by atoms with van der Waals surface area (Å²) in [4.78, 5) is 0. The second kappa shape index (κ2) is 3.13. The molecule has 0 spiro atoms. The van der Waals surface area contributed by atoms with Crippen molar-refractivity contribution in [2.45, 2.75) is 25.9 Å². The molecule has 0 bridgehead atoms. The van der Waals surface area contributed by atoms with E-state index in [4.69, 9.17) is 0 Å². The van der Waals surface area contributed by atoms with E-state index in [1.54, 1.807) is 0 Å². The Bertz CT molecular complexity index is 25.1. The standard InChI is InChI=1S/C5H10F/c1-3-4-5(2)6/h5H,2-4H2,1H3/t5-/m1/s1. The van der Waals surface area contributed by atoms with Crippen molar-refractivity contribution in [2.24, 2.45) is 0 Å². The van der Waals surface area contributed by atoms with E-state index >= 15 is 0 Å². The van der Waals surface area contributed by atoms with Crippen LogP contribution in [0.3, 0.4) is 0 Å². The van der Waals surface area contributed by atoms with Gasteiger partial charge >= 0.3 is 0 Å². The fraction of sp³-hybridized carbons (Fsp3) is 0.800. The molecule has 0 saturated carbocycles. The minimum absolute atomic E-state index is 0.597. The summed E-state index contributed by atoms with van der Waals surface area (Å²) >= 11 is 0. The van der Waals surface area contributed by atoms with Gasteiger partial charge in [-0.25, -0.2) is 4.39 Å². The van der Waals surface area contributed by atoms with Crippen molar-refractivity contribution in [3.63, 3.8) is 0 Å². The van der Waals surface area contributed by atoms with Crippen LogP contribution in [0.4, 0.5) is 4.39 Å². The molecule has 1 atom stereocenters. The highest BCUT2D eigenvalue weighted by atomic mass is 19.1. The summed E-state index contributed by atoms with van der Waals surface area (Å²) in [5.41, 5.74) is 0. The molecule has 0 N–H and O–H groups in total. The maximum Gasteiger partial charge on any atom is 0.100 e. The third kappa shape index (κ3) is 3.93. The average Bonchev–Trinajstić information content (AvgIpc) is 1.35. The Labute approximate surface area is 38.4 Å². The Kier molecular flexibility index (Phi) is 3.10. The van der Waals surface area contributed by atoms with Gasteiger partial charge in [0.25, 0.3) is 0 Å². The van der Waals surface area contributed by atoms with E-state index in [2.05, 4.69) is 6.92 Å². The maximum atomic E-state index is 11.6. The molecule has 0 aliphatic carbocycles. The van der Waals surface area contributed by atoms with Gasteiger partial charge in [-0.05, 0) is 13.3 Å². The fourth-order valence-corrected chi connectivity index (χ4v) is 0.313. The predicted octanol–water partition coefficient (Wildman–Crippen LogP) is 1.96. The average molecular weight is 89.1 g/mol. The molecular formula is C5H10F. The number of hydrogen-bond acceptors (Lipinski definition) is 0. The van der Waals surface area contributed by atoms with Crippen molar-refractivity contribution in [1.82, 2.24) is 0 Å². The van der Waals surface area contributed by atoms with E-state index in [0.717, 1.165) is 6.42 Å². The lowest BCUT2D eigenvalue weighted by atomic mass is 10.2. The molecule has 1 heteroatoms. The van der Waals surface area contributed by atoms with E-state index < -0.39 is 6.17 Å². The summed E-state index contributed by atoms with van der Waals surface area (Å²) in [6.45, 7) is 5.10. The molecule has 0 aliphatic rings. The lowest BCUT2D eigenvalue weighted by Crippen LogP contribution is -1.88. The third-order valence-corrected chi connectivity index (χ3v) is 0.602. The molecule has 0 fully saturated rings. The molecule has 0 aromatic heterocycles. The van der Waals surface area contributed by atoms with Crippen LogP contribution in [0.1, 0.15) is 19.8 Å². The van der Waals surface area contributed by atoms with Crippen LogP contribution in [-0.4, -0.2) is 6.17 Å². The lowest BCUT2D eigenvalue weighted by molar-refractivity contribution is 0.372. The summed E-state index contributed by atoms with van der Waals surface area (Å²) in [6.07, 6.45) is 0.639. The molecule has 1 radical (unpaired) electrons. The van der Waals surface area contributed by atoms with Gasteiger partial charge in [-0.2, -0.15) is 0 Å². The molecule has 0 heterocycles. The van der Waals surface area contributed by atoms with Crippen molar-refractivity contribution < 1.29 is 4.39 Å². The van der Waals surface area contributed by atoms with E-state index in [1.165, 1.54) is 0 Å². The third-order valence-electron chi connectivity index (χ3n) is 0.602. The van der Waals surface area contributed by atoms with Crippen LogP contribution in [0.25, 0.3) is 0 Å². The first-order valence-electron chi connectivity index (χ1n) is 2.24. The Hall–Kier alpha value is -0.0700. The van der Waals surface area contributed by atoms with E-state index in [0.29, 0.717) is 6.42 Å². The van der Waals surface area contributed by atoms with Gasteiger partial charge in [0.15, 0.2) is 0 Å². The quantitative estimate of drug-likeness (QED) is 0.485. The van der Waals surface area contributed by atoms with Crippen LogP contribution in [-0.2, 0) is 0 Å². The molecular weight excluding hydrogens is 79.1 g/mol. The van der Waals surface area contributed by atoms with Gasteiger partial charge in [0, 0.05) is 0 Å². The Morgan fingerprint density at radius 1 is 1.83 bits per heavy atom. The van der Waals surface area contributed by atoms with Gasteiger partial charge in [-0.1, -0.05) is 13.3 Å². The van der Waals surface area contributed by atoms with Gasteiger partial charge in [0.1, 0.15) is 6.17 Å². The molecule has 0 aromatic carbocycles. The van der Waals surface area contributed by atoms with Crippen LogP contribution >= 0.6 is 0 Å². The first kappa shape index (κ1) is 5.93. The van der Waals surface area contributed by atoms with Gasteiger partial charge < -0.3 is 0 Å². The van der Waals surface area contributed by atoms with Crippen molar-refractivity contribution >= 4 is 0 Å². The molecule has 0 aliphatic heterocycles. The van der Waals surface area contributed by atoms with E-state index in [-0.39, 0.29) is 0 Å². The fourth-order valence-electron chi connectivity index (χ4n) is 0.313. The molecule has 0 amide bonds. The first-order chi connectivity index (χ1) is 2.77. The lowest BCUT2D eigenvalue weighted by Gasteiger charge is -1.91. The van der Waals surface area contributed by atoms with Gasteiger partial charge in [-0.15, -0.1) is 0 Å². The number of rotatable bonds is 2. The molecule has 0 saturated heterocycles. The molecule has 0 nitrogen and oxygen atoms in total. The number of hydrogen-bond donors (Lipinski definition) is 0. The summed E-state index contributed by atoms with van der Waals surface area (Å²) in [5.74, 6) is 0. The molecule has 6 heavy (non-hydrogen) atoms. The van der Waals surface area contributed by atoms with Crippen molar-refractivity contribution in [1.29, 1.82) is 0 Å². The Morgan fingerprint density at radius 3 is 2.33 bits per heavy atom. The summed E-state index contributed by atoms with van der Waals surface area (Å²) in [6, 6.07) is 0. The Balaban J connectivity index is 2.63. The van der Waals surface area contributed by atoms with Gasteiger partial charge in [-0.3, -0.25) is 0 Å². The topological polar surface area (TPSA) is 0 Å². The molecule has 0 unspecified atom stereocenters. The monoisotopic (exact) mass is 89.1 g/mol. The zero-order valence-corrected chi connectivity index (χ0v) is 4.08. The van der Waals surface area contributed by atoms with Gasteiger partial charge in [0.05, 0.1) is 0 Å². The molecule has 37 valence electrons. The van der Waals surface area contributed by atoms with Crippen LogP contribution in [0.5, 0.6) is 0 Å². The van der Waals surface area contributed by atoms with E-state index in [1.807, 2.05) is 6.92 Å². The Morgan fingerprint density at radius 2 is 2.33 bits per heavy atom. The first-order valence-corrected chi connectivity index (χ1v) is 2.24. The zero-order chi connectivity index (χ0) is 4.99. The van der Waals surface area contributed by atoms with Crippen molar-refractivity contribution in [3.8, 4) is 0 Å². The summed E-state index contributed by atoms with van der Waals surface area (Å²) < 4.78 is 11.6. The normalized spacial score (nSPS) is 14.5. The highest BCUT2D eigenvalue weighted by Gasteiger charge is 1.90.